The normalized spacial score (nSPS) is 19.1. The van der Waals surface area contributed by atoms with Gasteiger partial charge in [-0.3, -0.25) is 4.79 Å². The predicted molar refractivity (Wildman–Crippen MR) is 59.0 cm³/mol. The van der Waals surface area contributed by atoms with Gasteiger partial charge in [0.15, 0.2) is 6.10 Å². The van der Waals surface area contributed by atoms with Crippen LogP contribution in [0.5, 0.6) is 5.75 Å². The molecule has 1 amide bonds. The zero-order valence-corrected chi connectivity index (χ0v) is 9.05. The van der Waals surface area contributed by atoms with Gasteiger partial charge in [-0.2, -0.15) is 0 Å². The zero-order valence-electron chi connectivity index (χ0n) is 9.05. The van der Waals surface area contributed by atoms with Crippen LogP contribution in [0.2, 0.25) is 0 Å². The summed E-state index contributed by atoms with van der Waals surface area (Å²) in [6.07, 6.45) is -0.445. The fraction of sp³-hybridized carbons (Fsp3) is 0.364. The Hall–Kier alpha value is -1.71. The average Bonchev–Trinajstić information content (AvgIpc) is 2.19. The smallest absolute Gasteiger partial charge is 0.265 e. The molecule has 2 rings (SSSR count). The highest BCUT2D eigenvalue weighted by Gasteiger charge is 2.26. The molecule has 1 aliphatic heterocycles. The standard InChI is InChI=1S/C11H14N2O2/c1-5-6(2)10-9(4-8(5)12)13-11(14)7(3)15-10/h4,7H,12H2,1-3H3,(H,13,14). The maximum Gasteiger partial charge on any atom is 0.265 e. The maximum atomic E-state index is 11.4. The van der Waals surface area contributed by atoms with Crippen LogP contribution < -0.4 is 15.8 Å². The molecule has 1 unspecified atom stereocenters. The Kier molecular flexibility index (Phi) is 2.07. The molecule has 0 fully saturated rings. The van der Waals surface area contributed by atoms with E-state index in [0.717, 1.165) is 16.9 Å². The van der Waals surface area contributed by atoms with E-state index in [9.17, 15) is 4.79 Å². The number of nitrogen functional groups attached to an aromatic ring is 1. The molecule has 3 N–H and O–H groups in total. The summed E-state index contributed by atoms with van der Waals surface area (Å²) in [4.78, 5) is 11.4. The van der Waals surface area contributed by atoms with Crippen LogP contribution in [0.1, 0.15) is 18.1 Å². The Labute approximate surface area is 88.4 Å². The minimum absolute atomic E-state index is 0.134. The number of carbonyl (C=O) groups excluding carboxylic acids is 1. The molecule has 1 aromatic carbocycles. The van der Waals surface area contributed by atoms with Crippen molar-refractivity contribution in [3.63, 3.8) is 0 Å². The topological polar surface area (TPSA) is 64.3 Å². The SMILES string of the molecule is Cc1c(N)cc2c(c1C)OC(C)C(=O)N2. The van der Waals surface area contributed by atoms with E-state index < -0.39 is 6.10 Å². The number of hydrogen-bond acceptors (Lipinski definition) is 3. The minimum atomic E-state index is -0.445. The largest absolute Gasteiger partial charge is 0.478 e. The van der Waals surface area contributed by atoms with E-state index in [1.165, 1.54) is 0 Å². The van der Waals surface area contributed by atoms with E-state index in [2.05, 4.69) is 5.32 Å². The van der Waals surface area contributed by atoms with Crippen LogP contribution in [0.3, 0.4) is 0 Å². The Morgan fingerprint density at radius 3 is 2.73 bits per heavy atom. The fourth-order valence-electron chi connectivity index (χ4n) is 1.63. The lowest BCUT2D eigenvalue weighted by molar-refractivity contribution is -0.122. The van der Waals surface area contributed by atoms with Gasteiger partial charge >= 0.3 is 0 Å². The maximum absolute atomic E-state index is 11.4. The van der Waals surface area contributed by atoms with Crippen molar-refractivity contribution < 1.29 is 9.53 Å². The van der Waals surface area contributed by atoms with Gasteiger partial charge in [-0.25, -0.2) is 0 Å². The highest BCUT2D eigenvalue weighted by molar-refractivity contribution is 5.98. The van der Waals surface area contributed by atoms with Crippen LogP contribution in [-0.4, -0.2) is 12.0 Å². The number of benzene rings is 1. The number of hydrogen-bond donors (Lipinski definition) is 2. The van der Waals surface area contributed by atoms with E-state index in [1.54, 1.807) is 13.0 Å². The highest BCUT2D eigenvalue weighted by atomic mass is 16.5. The van der Waals surface area contributed by atoms with E-state index >= 15 is 0 Å². The summed E-state index contributed by atoms with van der Waals surface area (Å²) in [7, 11) is 0. The molecule has 1 aliphatic rings. The lowest BCUT2D eigenvalue weighted by Crippen LogP contribution is -2.34. The van der Waals surface area contributed by atoms with Crippen molar-refractivity contribution in [3.8, 4) is 5.75 Å². The second kappa shape index (κ2) is 3.15. The molecule has 0 saturated heterocycles. The van der Waals surface area contributed by atoms with Crippen LogP contribution in [0.25, 0.3) is 0 Å². The lowest BCUT2D eigenvalue weighted by Gasteiger charge is -2.26. The van der Waals surface area contributed by atoms with E-state index in [1.807, 2.05) is 13.8 Å². The number of carbonyl (C=O) groups is 1. The molecule has 0 saturated carbocycles. The first-order valence-electron chi connectivity index (χ1n) is 4.88. The summed E-state index contributed by atoms with van der Waals surface area (Å²) in [6.45, 7) is 5.60. The highest BCUT2D eigenvalue weighted by Crippen LogP contribution is 2.37. The second-order valence-corrected chi connectivity index (χ2v) is 3.84. The third-order valence-corrected chi connectivity index (χ3v) is 2.80. The van der Waals surface area contributed by atoms with Crippen LogP contribution in [-0.2, 0) is 4.79 Å². The number of rotatable bonds is 0. The summed E-state index contributed by atoms with van der Waals surface area (Å²) >= 11 is 0. The first kappa shape index (κ1) is 9.83. The molecule has 0 aliphatic carbocycles. The van der Waals surface area contributed by atoms with Gasteiger partial charge in [0.1, 0.15) is 5.75 Å². The van der Waals surface area contributed by atoms with Crippen molar-refractivity contribution in [1.29, 1.82) is 0 Å². The molecular formula is C11H14N2O2. The van der Waals surface area contributed by atoms with Gasteiger partial charge in [0.2, 0.25) is 0 Å². The molecule has 4 nitrogen and oxygen atoms in total. The van der Waals surface area contributed by atoms with Gasteiger partial charge in [-0.15, -0.1) is 0 Å². The third-order valence-electron chi connectivity index (χ3n) is 2.80. The van der Waals surface area contributed by atoms with Crippen molar-refractivity contribution in [2.75, 3.05) is 11.1 Å². The average molecular weight is 206 g/mol. The summed E-state index contributed by atoms with van der Waals surface area (Å²) < 4.78 is 5.54. The first-order valence-corrected chi connectivity index (χ1v) is 4.88. The van der Waals surface area contributed by atoms with Gasteiger partial charge in [-0.1, -0.05) is 0 Å². The predicted octanol–water partition coefficient (Wildman–Crippen LogP) is 1.61. The molecule has 1 heterocycles. The molecule has 1 atom stereocenters. The van der Waals surface area contributed by atoms with E-state index in [0.29, 0.717) is 11.4 Å². The third kappa shape index (κ3) is 1.42. The van der Waals surface area contributed by atoms with Crippen LogP contribution in [0.4, 0.5) is 11.4 Å². The molecule has 0 radical (unpaired) electrons. The Morgan fingerprint density at radius 2 is 2.07 bits per heavy atom. The van der Waals surface area contributed by atoms with Crippen LogP contribution in [0, 0.1) is 13.8 Å². The van der Waals surface area contributed by atoms with E-state index in [4.69, 9.17) is 10.5 Å². The van der Waals surface area contributed by atoms with Gasteiger partial charge < -0.3 is 15.8 Å². The van der Waals surface area contributed by atoms with Crippen LogP contribution in [0.15, 0.2) is 6.07 Å². The zero-order chi connectivity index (χ0) is 11.2. The monoisotopic (exact) mass is 206 g/mol. The van der Waals surface area contributed by atoms with Crippen molar-refractivity contribution in [2.45, 2.75) is 26.9 Å². The van der Waals surface area contributed by atoms with E-state index in [-0.39, 0.29) is 5.91 Å². The quantitative estimate of drug-likeness (QED) is 0.634. The van der Waals surface area contributed by atoms with Crippen LogP contribution >= 0.6 is 0 Å². The van der Waals surface area contributed by atoms with Crippen molar-refractivity contribution in [1.82, 2.24) is 0 Å². The molecule has 1 aromatic rings. The minimum Gasteiger partial charge on any atom is -0.478 e. The number of nitrogens with one attached hydrogen (secondary N) is 1. The Morgan fingerprint density at radius 1 is 1.40 bits per heavy atom. The molecule has 0 spiro atoms. The Balaban J connectivity index is 2.58. The number of nitrogens with two attached hydrogens (primary N) is 1. The van der Waals surface area contributed by atoms with Gasteiger partial charge in [0.25, 0.3) is 5.91 Å². The Bertz CT molecular complexity index is 441. The second-order valence-electron chi connectivity index (χ2n) is 3.84. The summed E-state index contributed by atoms with van der Waals surface area (Å²) in [5, 5.41) is 2.77. The van der Waals surface area contributed by atoms with Crippen molar-refractivity contribution >= 4 is 17.3 Å². The number of amides is 1. The molecule has 15 heavy (non-hydrogen) atoms. The van der Waals surface area contributed by atoms with Gasteiger partial charge in [-0.05, 0) is 38.0 Å². The lowest BCUT2D eigenvalue weighted by atomic mass is 10.0. The molecule has 0 aromatic heterocycles. The summed E-state index contributed by atoms with van der Waals surface area (Å²) in [5.74, 6) is 0.596. The van der Waals surface area contributed by atoms with Gasteiger partial charge in [0.05, 0.1) is 5.69 Å². The molecule has 4 heteroatoms. The number of ether oxygens (including phenoxy) is 1. The molecule has 80 valence electrons. The number of fused-ring (bicyclic) bond motifs is 1. The van der Waals surface area contributed by atoms with Gasteiger partial charge in [0, 0.05) is 5.69 Å². The van der Waals surface area contributed by atoms with Crippen molar-refractivity contribution in [3.05, 3.63) is 17.2 Å². The molecule has 0 bridgehead atoms. The first-order chi connectivity index (χ1) is 7.00. The fourth-order valence-corrected chi connectivity index (χ4v) is 1.63. The summed E-state index contributed by atoms with van der Waals surface area (Å²) in [5.41, 5.74) is 9.13. The number of anilines is 2. The summed E-state index contributed by atoms with van der Waals surface area (Å²) in [6, 6.07) is 1.74. The van der Waals surface area contributed by atoms with Crippen molar-refractivity contribution in [2.24, 2.45) is 0 Å². The molecular weight excluding hydrogens is 192 g/mol.